The summed E-state index contributed by atoms with van der Waals surface area (Å²) in [6.45, 7) is 10.7. The van der Waals surface area contributed by atoms with Crippen molar-refractivity contribution in [3.05, 3.63) is 43.4 Å². The summed E-state index contributed by atoms with van der Waals surface area (Å²) in [6.07, 6.45) is -10.2. The molecule has 260 valence electrons. The van der Waals surface area contributed by atoms with Gasteiger partial charge in [-0.25, -0.2) is 19.6 Å². The summed E-state index contributed by atoms with van der Waals surface area (Å²) < 4.78 is 92.0. The topological polar surface area (TPSA) is 94.7 Å². The zero-order chi connectivity index (χ0) is 35.3. The maximum Gasteiger partial charge on any atom is 0.449 e. The van der Waals surface area contributed by atoms with E-state index in [1.165, 1.54) is 21.1 Å². The van der Waals surface area contributed by atoms with Gasteiger partial charge in [0.15, 0.2) is 0 Å². The largest absolute Gasteiger partial charge is 0.449 e. The van der Waals surface area contributed by atoms with Gasteiger partial charge in [0.05, 0.1) is 30.2 Å². The van der Waals surface area contributed by atoms with Crippen LogP contribution >= 0.6 is 38.9 Å². The van der Waals surface area contributed by atoms with Crippen molar-refractivity contribution in [1.29, 1.82) is 0 Å². The maximum atomic E-state index is 13.4. The summed E-state index contributed by atoms with van der Waals surface area (Å²) in [5.41, 5.74) is -0.137. The van der Waals surface area contributed by atoms with Gasteiger partial charge in [-0.2, -0.15) is 26.3 Å². The Balaban J connectivity index is 0.000000218. The molecule has 0 spiro atoms. The van der Waals surface area contributed by atoms with E-state index in [1.54, 1.807) is 53.0 Å². The van der Waals surface area contributed by atoms with Crippen molar-refractivity contribution < 1.29 is 45.4 Å². The predicted molar refractivity (Wildman–Crippen MR) is 164 cm³/mol. The van der Waals surface area contributed by atoms with Crippen molar-refractivity contribution in [2.45, 2.75) is 91.3 Å². The Morgan fingerprint density at radius 2 is 1.23 bits per heavy atom. The molecular formula is C28H32BrClF6N6O4S. The fourth-order valence-corrected chi connectivity index (χ4v) is 6.20. The SMILES string of the molecule is CC(C)(C)OC(=O)N1CCn2c(C(F)(F)F)nc(-c3ccsc3Cl)c2C1.CC(C)(C)OC(=O)N1CCn2c(C(F)(F)F)nc(Br)c2C1. The van der Waals surface area contributed by atoms with Crippen LogP contribution in [0.3, 0.4) is 0 Å². The Hall–Kier alpha value is -2.99. The Labute approximate surface area is 283 Å². The second kappa shape index (κ2) is 13.1. The van der Waals surface area contributed by atoms with Gasteiger partial charge < -0.3 is 28.4 Å². The van der Waals surface area contributed by atoms with Gasteiger partial charge in [0, 0.05) is 31.7 Å². The molecule has 2 aliphatic heterocycles. The zero-order valence-electron chi connectivity index (χ0n) is 26.1. The smallest absolute Gasteiger partial charge is 0.444 e. The van der Waals surface area contributed by atoms with E-state index in [4.69, 9.17) is 21.1 Å². The highest BCUT2D eigenvalue weighted by Crippen LogP contribution is 2.40. The lowest BCUT2D eigenvalue weighted by atomic mass is 10.1. The van der Waals surface area contributed by atoms with Crippen LogP contribution in [0, 0.1) is 0 Å². The third kappa shape index (κ3) is 8.73. The number of fused-ring (bicyclic) bond motifs is 2. The van der Waals surface area contributed by atoms with Crippen LogP contribution in [0.5, 0.6) is 0 Å². The summed E-state index contributed by atoms with van der Waals surface area (Å²) >= 11 is 10.3. The number of nitrogens with zero attached hydrogens (tertiary/aromatic N) is 6. The third-order valence-corrected chi connectivity index (χ3v) is 8.45. The van der Waals surface area contributed by atoms with Gasteiger partial charge in [-0.05, 0) is 68.9 Å². The van der Waals surface area contributed by atoms with Gasteiger partial charge in [-0.3, -0.25) is 0 Å². The number of halogens is 8. The second-order valence-electron chi connectivity index (χ2n) is 12.6. The monoisotopic (exact) mass is 776 g/mol. The van der Waals surface area contributed by atoms with Gasteiger partial charge >= 0.3 is 24.5 Å². The molecule has 0 saturated heterocycles. The molecule has 10 nitrogen and oxygen atoms in total. The van der Waals surface area contributed by atoms with Crippen LogP contribution in [-0.2, 0) is 48.0 Å². The van der Waals surface area contributed by atoms with E-state index in [9.17, 15) is 35.9 Å². The highest BCUT2D eigenvalue weighted by atomic mass is 79.9. The van der Waals surface area contributed by atoms with Crippen molar-refractivity contribution in [3.63, 3.8) is 0 Å². The summed E-state index contributed by atoms with van der Waals surface area (Å²) in [5, 5.41) is 1.69. The standard InChI is InChI=1S/C16H17ClF3N3O2S.C12H15BrF3N3O2/c1-15(2,3)25-14(24)22-5-6-23-10(8-22)11(9-4-7-26-12(9)17)21-13(23)16(18,19)20;1-11(2,3)21-10(20)18-4-5-19-7(6-18)8(13)17-9(19)12(14,15)16/h4,7H,5-6,8H2,1-3H3;4-6H2,1-3H3. The number of amides is 2. The minimum absolute atomic E-state index is 0.0157. The Bertz CT molecular complexity index is 1640. The highest BCUT2D eigenvalue weighted by molar-refractivity contribution is 9.10. The molecule has 5 rings (SSSR count). The number of carbonyl (C=O) groups is 2. The zero-order valence-corrected chi connectivity index (χ0v) is 29.3. The lowest BCUT2D eigenvalue weighted by Crippen LogP contribution is -2.42. The molecule has 2 aliphatic rings. The number of imidazole rings is 2. The molecule has 3 aromatic rings. The molecule has 0 aromatic carbocycles. The molecule has 47 heavy (non-hydrogen) atoms. The molecule has 19 heteroatoms. The van der Waals surface area contributed by atoms with Gasteiger partial charge in [-0.15, -0.1) is 11.3 Å². The quantitative estimate of drug-likeness (QED) is 0.230. The van der Waals surface area contributed by atoms with Crippen LogP contribution in [0.4, 0.5) is 35.9 Å². The summed E-state index contributed by atoms with van der Waals surface area (Å²) in [7, 11) is 0. The van der Waals surface area contributed by atoms with E-state index < -0.39 is 47.4 Å². The summed E-state index contributed by atoms with van der Waals surface area (Å²) in [6, 6.07) is 1.63. The molecule has 0 saturated carbocycles. The van der Waals surface area contributed by atoms with Crippen LogP contribution in [-0.4, -0.2) is 65.4 Å². The molecule has 0 atom stereocenters. The number of hydrogen-bond donors (Lipinski definition) is 0. The van der Waals surface area contributed by atoms with Crippen molar-refractivity contribution in [1.82, 2.24) is 28.9 Å². The molecule has 0 fully saturated rings. The lowest BCUT2D eigenvalue weighted by Gasteiger charge is -2.31. The van der Waals surface area contributed by atoms with Crippen molar-refractivity contribution >= 4 is 51.1 Å². The van der Waals surface area contributed by atoms with E-state index in [2.05, 4.69) is 25.9 Å². The van der Waals surface area contributed by atoms with Crippen LogP contribution in [0.2, 0.25) is 4.34 Å². The minimum atomic E-state index is -4.59. The molecular weight excluding hydrogens is 746 g/mol. The fourth-order valence-electron chi connectivity index (χ4n) is 4.77. The Morgan fingerprint density at radius 3 is 1.66 bits per heavy atom. The first kappa shape index (κ1) is 36.8. The molecule has 2 amide bonds. The van der Waals surface area contributed by atoms with Gasteiger partial charge in [0.2, 0.25) is 11.6 Å². The number of alkyl halides is 6. The van der Waals surface area contributed by atoms with Gasteiger partial charge in [0.25, 0.3) is 0 Å². The normalized spacial score (nSPS) is 15.4. The first-order valence-corrected chi connectivity index (χ1v) is 16.2. The van der Waals surface area contributed by atoms with E-state index in [-0.39, 0.29) is 49.6 Å². The Morgan fingerprint density at radius 1 is 0.787 bits per heavy atom. The lowest BCUT2D eigenvalue weighted by molar-refractivity contribution is -0.148. The number of hydrogen-bond acceptors (Lipinski definition) is 7. The summed E-state index contributed by atoms with van der Waals surface area (Å²) in [5.74, 6) is -1.93. The minimum Gasteiger partial charge on any atom is -0.444 e. The number of ether oxygens (including phenoxy) is 2. The fraction of sp³-hybridized carbons (Fsp3) is 0.571. The molecule has 3 aromatic heterocycles. The third-order valence-electron chi connectivity index (χ3n) is 6.65. The van der Waals surface area contributed by atoms with E-state index in [0.717, 1.165) is 9.13 Å². The van der Waals surface area contributed by atoms with Crippen LogP contribution in [0.1, 0.15) is 64.6 Å². The van der Waals surface area contributed by atoms with Crippen molar-refractivity contribution in [3.8, 4) is 11.3 Å². The average Bonchev–Trinajstić information content (AvgIpc) is 3.61. The van der Waals surface area contributed by atoms with E-state index >= 15 is 0 Å². The number of aromatic nitrogens is 4. The molecule has 0 aliphatic carbocycles. The van der Waals surface area contributed by atoms with Crippen LogP contribution in [0.25, 0.3) is 11.3 Å². The summed E-state index contributed by atoms with van der Waals surface area (Å²) in [4.78, 5) is 34.4. The Kier molecular flexibility index (Phi) is 10.3. The average molecular weight is 778 g/mol. The molecule has 0 unspecified atom stereocenters. The first-order valence-electron chi connectivity index (χ1n) is 14.1. The molecule has 5 heterocycles. The molecule has 0 N–H and O–H groups in total. The second-order valence-corrected chi connectivity index (χ2v) is 14.9. The van der Waals surface area contributed by atoms with Gasteiger partial charge in [0.1, 0.15) is 20.1 Å². The van der Waals surface area contributed by atoms with E-state index in [1.807, 2.05) is 0 Å². The number of thiophene rings is 1. The number of rotatable bonds is 1. The molecule has 0 radical (unpaired) electrons. The van der Waals surface area contributed by atoms with E-state index in [0.29, 0.717) is 21.3 Å². The first-order chi connectivity index (χ1) is 21.5. The number of carbonyl (C=O) groups excluding carboxylic acids is 2. The maximum absolute atomic E-state index is 13.4. The van der Waals surface area contributed by atoms with Crippen LogP contribution < -0.4 is 0 Å². The van der Waals surface area contributed by atoms with Gasteiger partial charge in [-0.1, -0.05) is 11.6 Å². The van der Waals surface area contributed by atoms with Crippen molar-refractivity contribution in [2.75, 3.05) is 13.1 Å². The van der Waals surface area contributed by atoms with Crippen molar-refractivity contribution in [2.24, 2.45) is 0 Å². The predicted octanol–water partition coefficient (Wildman–Crippen LogP) is 8.45. The highest BCUT2D eigenvalue weighted by Gasteiger charge is 2.42. The van der Waals surface area contributed by atoms with Crippen LogP contribution in [0.15, 0.2) is 16.0 Å². The molecule has 0 bridgehead atoms.